The van der Waals surface area contributed by atoms with Gasteiger partial charge in [0.2, 0.25) is 5.12 Å². The van der Waals surface area contributed by atoms with E-state index in [1.807, 2.05) is 60.7 Å². The lowest BCUT2D eigenvalue weighted by Gasteiger charge is -2.46. The van der Waals surface area contributed by atoms with Crippen molar-refractivity contribution in [3.8, 4) is 0 Å². The van der Waals surface area contributed by atoms with Gasteiger partial charge in [0.15, 0.2) is 16.7 Å². The predicted octanol–water partition coefficient (Wildman–Crippen LogP) is 5.42. The molecule has 2 heterocycles. The summed E-state index contributed by atoms with van der Waals surface area (Å²) in [6, 6.07) is 33.9. The molecule has 0 bridgehead atoms. The van der Waals surface area contributed by atoms with Gasteiger partial charge in [0, 0.05) is 12.7 Å². The number of para-hydroxylation sites is 1. The van der Waals surface area contributed by atoms with Gasteiger partial charge in [-0.1, -0.05) is 106 Å². The summed E-state index contributed by atoms with van der Waals surface area (Å²) < 4.78 is 25.8. The number of thioether (sulfide) groups is 1. The van der Waals surface area contributed by atoms with Crippen molar-refractivity contribution in [3.63, 3.8) is 0 Å². The highest BCUT2D eigenvalue weighted by Crippen LogP contribution is 2.38. The topological polar surface area (TPSA) is 124 Å². The number of carbonyl (C=O) groups is 2. The number of benzene rings is 4. The fourth-order valence-corrected chi connectivity index (χ4v) is 12.8. The molecule has 0 unspecified atom stereocenters. The Kier molecular flexibility index (Phi) is 11.0. The monoisotopic (exact) mass is 729 g/mol. The molecule has 1 fully saturated rings. The first-order valence-electron chi connectivity index (χ1n) is 16.2. The number of ether oxygens (including phenoxy) is 3. The lowest BCUT2D eigenvalue weighted by atomic mass is 9.99. The molecule has 1 aliphatic rings. The summed E-state index contributed by atoms with van der Waals surface area (Å²) >= 11 is 2.40. The second-order valence-electron chi connectivity index (χ2n) is 13.0. The Balaban J connectivity index is 1.17. The van der Waals surface area contributed by atoms with E-state index in [4.69, 9.17) is 18.6 Å². The third kappa shape index (κ3) is 7.34. The van der Waals surface area contributed by atoms with Crippen LogP contribution in [0.25, 0.3) is 10.2 Å². The Morgan fingerprint density at radius 3 is 2.10 bits per heavy atom. The van der Waals surface area contributed by atoms with Crippen molar-refractivity contribution in [2.45, 2.75) is 60.9 Å². The molecule has 5 atom stereocenters. The number of methoxy groups -OCH3 is 1. The third-order valence-corrected chi connectivity index (χ3v) is 15.8. The normalized spacial score (nSPS) is 21.2. The maximum atomic E-state index is 13.4. The van der Waals surface area contributed by atoms with E-state index in [0.717, 1.165) is 32.4 Å². The van der Waals surface area contributed by atoms with Crippen LogP contribution in [0.15, 0.2) is 114 Å². The van der Waals surface area contributed by atoms with Gasteiger partial charge in [-0.15, -0.1) is 11.3 Å². The largest absolute Gasteiger partial charge is 0.450 e. The van der Waals surface area contributed by atoms with Crippen LogP contribution in [0.1, 0.15) is 41.5 Å². The fraction of sp³-hybridized carbons (Fsp3) is 0.289. The Labute approximate surface area is 300 Å². The lowest BCUT2D eigenvalue weighted by Crippen LogP contribution is -2.68. The maximum absolute atomic E-state index is 13.4. The zero-order valence-electron chi connectivity index (χ0n) is 28.1. The van der Waals surface area contributed by atoms with E-state index < -0.39 is 45.0 Å². The van der Waals surface area contributed by atoms with E-state index >= 15 is 0 Å². The molecule has 50 heavy (non-hydrogen) atoms. The lowest BCUT2D eigenvalue weighted by molar-refractivity contribution is -0.292. The van der Waals surface area contributed by atoms with Crippen molar-refractivity contribution in [1.29, 1.82) is 0 Å². The maximum Gasteiger partial charge on any atom is 0.338 e. The van der Waals surface area contributed by atoms with E-state index in [0.29, 0.717) is 4.34 Å². The molecule has 2 N–H and O–H groups in total. The summed E-state index contributed by atoms with van der Waals surface area (Å²) in [5.74, 6) is -0.812. The first-order valence-corrected chi connectivity index (χ1v) is 19.7. The highest BCUT2D eigenvalue weighted by molar-refractivity contribution is 8.15. The molecule has 1 aliphatic heterocycles. The third-order valence-electron chi connectivity index (χ3n) is 8.79. The van der Waals surface area contributed by atoms with E-state index in [1.165, 1.54) is 30.6 Å². The summed E-state index contributed by atoms with van der Waals surface area (Å²) in [5.41, 5.74) is 1.19. The molecule has 1 saturated heterocycles. The molecular weight excluding hydrogens is 691 g/mol. The van der Waals surface area contributed by atoms with Crippen LogP contribution in [0, 0.1) is 0 Å². The number of aliphatic hydroxyl groups excluding tert-OH is 2. The number of rotatable bonds is 10. The zero-order chi connectivity index (χ0) is 35.5. The van der Waals surface area contributed by atoms with Crippen LogP contribution in [0.5, 0.6) is 0 Å². The minimum Gasteiger partial charge on any atom is -0.450 e. The van der Waals surface area contributed by atoms with Crippen LogP contribution in [-0.4, -0.2) is 79.0 Å². The van der Waals surface area contributed by atoms with Gasteiger partial charge in [0.1, 0.15) is 18.3 Å². The second kappa shape index (κ2) is 15.3. The molecular formula is C38H39NO8S2Si. The number of fused-ring (bicyclic) bond motifs is 1. The van der Waals surface area contributed by atoms with Crippen molar-refractivity contribution in [3.05, 3.63) is 120 Å². The minimum atomic E-state index is -2.98. The van der Waals surface area contributed by atoms with Crippen LogP contribution >= 0.6 is 23.1 Å². The van der Waals surface area contributed by atoms with Gasteiger partial charge in [-0.2, -0.15) is 0 Å². The van der Waals surface area contributed by atoms with Crippen molar-refractivity contribution in [2.24, 2.45) is 0 Å². The SMILES string of the molecule is CO[C@H]1O[C@H](CO[Si](c2ccccc2)(c2ccccc2)C(C)(C)C)[C@@H](O)[C@H](O)[C@H]1OC(=O)c1cccc(C(=O)Sc2nc3ccccc3s2)c1. The van der Waals surface area contributed by atoms with Gasteiger partial charge in [0.25, 0.3) is 8.32 Å². The molecule has 1 aromatic heterocycles. The molecule has 0 saturated carbocycles. The minimum absolute atomic E-state index is 0.0531. The number of aliphatic hydroxyl groups is 2. The molecule has 0 radical (unpaired) electrons. The van der Waals surface area contributed by atoms with Gasteiger partial charge in [-0.05, 0) is 51.4 Å². The van der Waals surface area contributed by atoms with E-state index in [9.17, 15) is 19.8 Å². The number of nitrogens with zero attached hydrogens (tertiary/aromatic N) is 1. The Morgan fingerprint density at radius 1 is 0.860 bits per heavy atom. The number of esters is 1. The fourth-order valence-electron chi connectivity index (χ4n) is 6.32. The number of hydrogen-bond acceptors (Lipinski definition) is 11. The van der Waals surface area contributed by atoms with Crippen LogP contribution in [0.4, 0.5) is 0 Å². The van der Waals surface area contributed by atoms with Crippen molar-refractivity contribution in [2.75, 3.05) is 13.7 Å². The zero-order valence-corrected chi connectivity index (χ0v) is 30.7. The molecule has 5 aromatic rings. The van der Waals surface area contributed by atoms with Gasteiger partial charge in [-0.3, -0.25) is 4.79 Å². The summed E-state index contributed by atoms with van der Waals surface area (Å²) in [4.78, 5) is 31.0. The van der Waals surface area contributed by atoms with Crippen LogP contribution < -0.4 is 10.4 Å². The van der Waals surface area contributed by atoms with E-state index in [2.05, 4.69) is 50.0 Å². The van der Waals surface area contributed by atoms with Gasteiger partial charge in [-0.25, -0.2) is 9.78 Å². The molecule has 0 amide bonds. The standard InChI is InChI=1S/C38H39NO8S2Si/c1-38(2,3)50(26-16-7-5-8-17-26,27-18-9-6-10-19-27)45-23-29-31(40)32(41)33(36(44-4)46-29)47-34(42)24-14-13-15-25(22-24)35(43)49-37-39-28-20-11-12-21-30(28)48-37/h5-22,29,31-33,36,40-41H,23H2,1-4H3/t29-,31-,32+,33-,36+/m1/s1. The Hall–Kier alpha value is -3.72. The van der Waals surface area contributed by atoms with Gasteiger partial charge in [0.05, 0.1) is 22.4 Å². The van der Waals surface area contributed by atoms with Crippen molar-refractivity contribution in [1.82, 2.24) is 4.98 Å². The smallest absolute Gasteiger partial charge is 0.338 e. The summed E-state index contributed by atoms with van der Waals surface area (Å²) in [5, 5.41) is 24.1. The Morgan fingerprint density at radius 2 is 1.48 bits per heavy atom. The molecule has 9 nitrogen and oxygen atoms in total. The van der Waals surface area contributed by atoms with E-state index in [1.54, 1.807) is 12.1 Å². The first kappa shape index (κ1) is 36.1. The number of carbonyl (C=O) groups excluding carboxylic acids is 2. The molecule has 12 heteroatoms. The highest BCUT2D eigenvalue weighted by atomic mass is 32.2. The highest BCUT2D eigenvalue weighted by Gasteiger charge is 2.53. The molecule has 260 valence electrons. The summed E-state index contributed by atoms with van der Waals surface area (Å²) in [6.07, 6.45) is -6.57. The quantitative estimate of drug-likeness (QED) is 0.109. The molecule has 0 spiro atoms. The molecule has 0 aliphatic carbocycles. The molecule has 4 aromatic carbocycles. The van der Waals surface area contributed by atoms with Crippen molar-refractivity contribution >= 4 is 63.1 Å². The van der Waals surface area contributed by atoms with Crippen LogP contribution in [0.2, 0.25) is 5.04 Å². The summed E-state index contributed by atoms with van der Waals surface area (Å²) in [7, 11) is -1.61. The Bertz CT molecular complexity index is 1860. The molecule has 6 rings (SSSR count). The van der Waals surface area contributed by atoms with E-state index in [-0.39, 0.29) is 27.9 Å². The number of hydrogen-bond donors (Lipinski definition) is 2. The van der Waals surface area contributed by atoms with Crippen molar-refractivity contribution < 1.29 is 38.4 Å². The summed E-state index contributed by atoms with van der Waals surface area (Å²) in [6.45, 7) is 6.37. The van der Waals surface area contributed by atoms with Gasteiger partial charge >= 0.3 is 5.97 Å². The first-order chi connectivity index (χ1) is 24.0. The van der Waals surface area contributed by atoms with Crippen LogP contribution in [0.3, 0.4) is 0 Å². The van der Waals surface area contributed by atoms with Crippen LogP contribution in [-0.2, 0) is 18.6 Å². The van der Waals surface area contributed by atoms with Gasteiger partial charge < -0.3 is 28.8 Å². The average Bonchev–Trinajstić information content (AvgIpc) is 3.54. The predicted molar refractivity (Wildman–Crippen MR) is 197 cm³/mol. The number of aromatic nitrogens is 1. The number of thiazole rings is 1. The second-order valence-corrected chi connectivity index (χ2v) is 19.6. The average molecular weight is 730 g/mol.